The Morgan fingerprint density at radius 1 is 1.29 bits per heavy atom. The summed E-state index contributed by atoms with van der Waals surface area (Å²) in [5.41, 5.74) is 0. The molecule has 2 aliphatic rings. The van der Waals surface area contributed by atoms with Crippen LogP contribution >= 0.6 is 15.9 Å². The van der Waals surface area contributed by atoms with E-state index in [2.05, 4.69) is 21.2 Å². The minimum Gasteiger partial charge on any atom is -0.497 e. The highest BCUT2D eigenvalue weighted by molar-refractivity contribution is 9.10. The molecular weight excluding hydrogens is 356 g/mol. The van der Waals surface area contributed by atoms with Gasteiger partial charge in [0.25, 0.3) is 0 Å². The molecule has 0 aromatic heterocycles. The smallest absolute Gasteiger partial charge is 0.244 e. The highest BCUT2D eigenvalue weighted by Gasteiger charge is 2.43. The van der Waals surface area contributed by atoms with E-state index in [-0.39, 0.29) is 12.1 Å². The molecule has 116 valence electrons. The fourth-order valence-corrected chi connectivity index (χ4v) is 6.10. The summed E-state index contributed by atoms with van der Waals surface area (Å²) in [6.45, 7) is 1.61. The number of halogens is 1. The van der Waals surface area contributed by atoms with E-state index in [1.807, 2.05) is 0 Å². The molecule has 5 nitrogen and oxygen atoms in total. The lowest BCUT2D eigenvalue weighted by atomic mass is 10.1. The van der Waals surface area contributed by atoms with Crippen molar-refractivity contribution in [3.8, 4) is 5.75 Å². The lowest BCUT2D eigenvalue weighted by Gasteiger charge is -2.27. The third-order valence-corrected chi connectivity index (χ3v) is 7.28. The topological polar surface area (TPSA) is 58.6 Å². The Bertz CT molecular complexity index is 621. The number of methoxy groups -OCH3 is 1. The van der Waals surface area contributed by atoms with Crippen LogP contribution in [0.5, 0.6) is 5.75 Å². The zero-order valence-electron chi connectivity index (χ0n) is 11.9. The van der Waals surface area contributed by atoms with Gasteiger partial charge in [0, 0.05) is 29.2 Å². The minimum absolute atomic E-state index is 0.0561. The Kier molecular flexibility index (Phi) is 4.27. The second-order valence-electron chi connectivity index (χ2n) is 5.51. The summed E-state index contributed by atoms with van der Waals surface area (Å²) in [4.78, 5) is 0.292. The molecule has 1 aromatic carbocycles. The van der Waals surface area contributed by atoms with Gasteiger partial charge in [0.1, 0.15) is 10.6 Å². The fraction of sp³-hybridized carbons (Fsp3) is 0.571. The molecular formula is C14H19BrN2O3S. The average molecular weight is 375 g/mol. The second-order valence-corrected chi connectivity index (χ2v) is 8.18. The molecule has 3 rings (SSSR count). The maximum Gasteiger partial charge on any atom is 0.244 e. The number of sulfonamides is 1. The van der Waals surface area contributed by atoms with Gasteiger partial charge in [0.15, 0.2) is 0 Å². The highest BCUT2D eigenvalue weighted by Crippen LogP contribution is 2.37. The monoisotopic (exact) mass is 374 g/mol. The van der Waals surface area contributed by atoms with Crippen LogP contribution in [0.25, 0.3) is 0 Å². The molecule has 21 heavy (non-hydrogen) atoms. The first-order chi connectivity index (χ1) is 10.0. The summed E-state index contributed by atoms with van der Waals surface area (Å²) < 4.78 is 33.7. The average Bonchev–Trinajstić information content (AvgIpc) is 2.73. The Balaban J connectivity index is 2.04. The van der Waals surface area contributed by atoms with Gasteiger partial charge in [-0.3, -0.25) is 0 Å². The van der Waals surface area contributed by atoms with Gasteiger partial charge >= 0.3 is 0 Å². The normalized spacial score (nSPS) is 26.6. The van der Waals surface area contributed by atoms with E-state index in [1.54, 1.807) is 29.6 Å². The summed E-state index contributed by atoms with van der Waals surface area (Å²) in [5, 5.41) is 3.33. The first kappa shape index (κ1) is 15.3. The third kappa shape index (κ3) is 2.72. The van der Waals surface area contributed by atoms with Crippen molar-refractivity contribution < 1.29 is 13.2 Å². The van der Waals surface area contributed by atoms with Crippen LogP contribution in [0.3, 0.4) is 0 Å². The number of benzene rings is 1. The molecule has 2 atom stereocenters. The van der Waals surface area contributed by atoms with Crippen molar-refractivity contribution >= 4 is 26.0 Å². The summed E-state index contributed by atoms with van der Waals surface area (Å²) in [7, 11) is -1.98. The second kappa shape index (κ2) is 5.87. The lowest BCUT2D eigenvalue weighted by Crippen LogP contribution is -2.42. The zero-order chi connectivity index (χ0) is 15.0. The van der Waals surface area contributed by atoms with Crippen LogP contribution in [0.4, 0.5) is 0 Å². The maximum atomic E-state index is 13.1. The van der Waals surface area contributed by atoms with Gasteiger partial charge in [-0.1, -0.05) is 0 Å². The van der Waals surface area contributed by atoms with Gasteiger partial charge in [-0.05, 0) is 53.9 Å². The van der Waals surface area contributed by atoms with Crippen LogP contribution in [0.2, 0.25) is 0 Å². The van der Waals surface area contributed by atoms with Crippen LogP contribution < -0.4 is 10.1 Å². The number of hydrogen-bond donors (Lipinski definition) is 1. The van der Waals surface area contributed by atoms with E-state index in [0.717, 1.165) is 32.4 Å². The molecule has 0 radical (unpaired) electrons. The van der Waals surface area contributed by atoms with E-state index in [0.29, 0.717) is 15.1 Å². The Hall–Kier alpha value is -0.630. The van der Waals surface area contributed by atoms with Crippen LogP contribution in [0.15, 0.2) is 27.6 Å². The summed E-state index contributed by atoms with van der Waals surface area (Å²) in [6, 6.07) is 5.23. The van der Waals surface area contributed by atoms with E-state index in [1.165, 1.54) is 0 Å². The molecule has 2 fully saturated rings. The number of hydrogen-bond acceptors (Lipinski definition) is 4. The molecule has 2 heterocycles. The van der Waals surface area contributed by atoms with Crippen LogP contribution in [-0.2, 0) is 10.0 Å². The van der Waals surface area contributed by atoms with Gasteiger partial charge < -0.3 is 10.1 Å². The molecule has 2 bridgehead atoms. The molecule has 2 saturated heterocycles. The van der Waals surface area contributed by atoms with Crippen molar-refractivity contribution in [1.82, 2.24) is 9.62 Å². The quantitative estimate of drug-likeness (QED) is 0.878. The van der Waals surface area contributed by atoms with E-state index in [9.17, 15) is 8.42 Å². The minimum atomic E-state index is -3.52. The fourth-order valence-electron chi connectivity index (χ4n) is 3.25. The van der Waals surface area contributed by atoms with E-state index < -0.39 is 10.0 Å². The summed E-state index contributed by atoms with van der Waals surface area (Å²) >= 11 is 3.36. The van der Waals surface area contributed by atoms with Crippen LogP contribution in [0, 0.1) is 0 Å². The Morgan fingerprint density at radius 2 is 2.05 bits per heavy atom. The van der Waals surface area contributed by atoms with Crippen molar-refractivity contribution in [2.75, 3.05) is 20.2 Å². The van der Waals surface area contributed by atoms with Crippen LogP contribution in [0.1, 0.15) is 19.3 Å². The molecule has 1 N–H and O–H groups in total. The van der Waals surface area contributed by atoms with Crippen LogP contribution in [-0.4, -0.2) is 45.0 Å². The molecule has 7 heteroatoms. The van der Waals surface area contributed by atoms with E-state index in [4.69, 9.17) is 4.74 Å². The SMILES string of the molecule is COc1ccc(Br)c(S(=O)(=O)N2C3CCNCC2CC3)c1. The largest absolute Gasteiger partial charge is 0.497 e. The molecule has 0 saturated carbocycles. The van der Waals surface area contributed by atoms with Gasteiger partial charge in [0.2, 0.25) is 10.0 Å². The number of fused-ring (bicyclic) bond motifs is 2. The highest BCUT2D eigenvalue weighted by atomic mass is 79.9. The van der Waals surface area contributed by atoms with Gasteiger partial charge in [0.05, 0.1) is 7.11 Å². The Labute approximate surface area is 133 Å². The van der Waals surface area contributed by atoms with Crippen molar-refractivity contribution in [2.24, 2.45) is 0 Å². The molecule has 0 spiro atoms. The van der Waals surface area contributed by atoms with Crippen molar-refractivity contribution in [3.05, 3.63) is 22.7 Å². The molecule has 0 amide bonds. The summed E-state index contributed by atoms with van der Waals surface area (Å²) in [6.07, 6.45) is 2.75. The zero-order valence-corrected chi connectivity index (χ0v) is 14.3. The standard InChI is InChI=1S/C14H19BrN2O3S/c1-20-12-4-5-13(15)14(8-12)21(18,19)17-10-2-3-11(17)9-16-7-6-10/h4-5,8,10-11,16H,2-3,6-7,9H2,1H3. The van der Waals surface area contributed by atoms with Crippen molar-refractivity contribution in [1.29, 1.82) is 0 Å². The molecule has 2 aliphatic heterocycles. The molecule has 0 aliphatic carbocycles. The molecule has 1 aromatic rings. The number of ether oxygens (including phenoxy) is 1. The number of nitrogens with zero attached hydrogens (tertiary/aromatic N) is 1. The lowest BCUT2D eigenvalue weighted by molar-refractivity contribution is 0.334. The predicted octanol–water partition coefficient (Wildman–Crippen LogP) is 1.97. The Morgan fingerprint density at radius 3 is 2.81 bits per heavy atom. The number of rotatable bonds is 3. The maximum absolute atomic E-state index is 13.1. The van der Waals surface area contributed by atoms with Crippen molar-refractivity contribution in [2.45, 2.75) is 36.2 Å². The van der Waals surface area contributed by atoms with E-state index >= 15 is 0 Å². The molecule has 2 unspecified atom stereocenters. The van der Waals surface area contributed by atoms with Crippen molar-refractivity contribution in [3.63, 3.8) is 0 Å². The third-order valence-electron chi connectivity index (χ3n) is 4.28. The number of nitrogens with one attached hydrogen (secondary N) is 1. The first-order valence-corrected chi connectivity index (χ1v) is 9.35. The summed E-state index contributed by atoms with van der Waals surface area (Å²) in [5.74, 6) is 0.553. The predicted molar refractivity (Wildman–Crippen MR) is 84.0 cm³/mol. The van der Waals surface area contributed by atoms with Gasteiger partial charge in [-0.2, -0.15) is 4.31 Å². The van der Waals surface area contributed by atoms with Gasteiger partial charge in [-0.25, -0.2) is 8.42 Å². The first-order valence-electron chi connectivity index (χ1n) is 7.12. The van der Waals surface area contributed by atoms with Gasteiger partial charge in [-0.15, -0.1) is 0 Å².